The Bertz CT molecular complexity index is 199. The van der Waals surface area contributed by atoms with Crippen LogP contribution in [0.15, 0.2) is 0 Å². The van der Waals surface area contributed by atoms with Crippen molar-refractivity contribution in [2.75, 3.05) is 40.8 Å². The summed E-state index contributed by atoms with van der Waals surface area (Å²) in [5, 5.41) is 3.63. The summed E-state index contributed by atoms with van der Waals surface area (Å²) in [4.78, 5) is 2.18. The highest BCUT2D eigenvalue weighted by Crippen LogP contribution is 2.29. The van der Waals surface area contributed by atoms with E-state index < -0.39 is 0 Å². The van der Waals surface area contributed by atoms with E-state index in [1.165, 1.54) is 12.8 Å². The molecule has 1 rings (SSSR count). The number of nitrogens with one attached hydrogen (secondary N) is 1. The van der Waals surface area contributed by atoms with Crippen molar-refractivity contribution in [3.63, 3.8) is 0 Å². The van der Waals surface area contributed by atoms with E-state index in [-0.39, 0.29) is 11.6 Å². The van der Waals surface area contributed by atoms with Gasteiger partial charge in [0.05, 0.1) is 11.6 Å². The van der Waals surface area contributed by atoms with Gasteiger partial charge in [-0.15, -0.1) is 0 Å². The monoisotopic (exact) mass is 229 g/mol. The fraction of sp³-hybridized carbons (Fsp3) is 1.00. The maximum absolute atomic E-state index is 5.96. The molecule has 1 aliphatic carbocycles. The van der Waals surface area contributed by atoms with Crippen molar-refractivity contribution < 1.29 is 4.74 Å². The minimum absolute atomic E-state index is 0.00299. The molecule has 4 heteroatoms. The van der Waals surface area contributed by atoms with Crippen LogP contribution < -0.4 is 11.1 Å². The van der Waals surface area contributed by atoms with Crippen molar-refractivity contribution in [1.82, 2.24) is 10.2 Å². The Labute approximate surface area is 99.5 Å². The highest BCUT2D eigenvalue weighted by molar-refractivity contribution is 4.99. The molecule has 16 heavy (non-hydrogen) atoms. The number of likely N-dealkylation sites (N-methyl/N-ethyl adjacent to an activating group) is 1. The molecular weight excluding hydrogens is 202 g/mol. The number of methoxy groups -OCH3 is 1. The average molecular weight is 229 g/mol. The molecular formula is C12H27N3O. The Kier molecular flexibility index (Phi) is 5.69. The largest absolute Gasteiger partial charge is 0.379 e. The zero-order chi connectivity index (χ0) is 12.0. The molecule has 1 fully saturated rings. The normalized spacial score (nSPS) is 30.9. The molecule has 0 spiro atoms. The van der Waals surface area contributed by atoms with E-state index in [4.69, 9.17) is 10.5 Å². The Morgan fingerprint density at radius 1 is 1.44 bits per heavy atom. The Morgan fingerprint density at radius 3 is 2.75 bits per heavy atom. The standard InChI is InChI=1S/C12H27N3O/c1-15(2)9-8-14-12(10-13)7-5-4-6-11(12)16-3/h11,14H,4-10,13H2,1-3H3. The summed E-state index contributed by atoms with van der Waals surface area (Å²) in [6.07, 6.45) is 5.05. The van der Waals surface area contributed by atoms with Crippen LogP contribution in [-0.4, -0.2) is 57.4 Å². The molecule has 0 aromatic rings. The fourth-order valence-corrected chi connectivity index (χ4v) is 2.59. The first-order valence-corrected chi connectivity index (χ1v) is 6.27. The topological polar surface area (TPSA) is 50.5 Å². The highest BCUT2D eigenvalue weighted by atomic mass is 16.5. The molecule has 0 aliphatic heterocycles. The van der Waals surface area contributed by atoms with E-state index in [1.807, 2.05) is 0 Å². The Balaban J connectivity index is 2.51. The zero-order valence-corrected chi connectivity index (χ0v) is 11.0. The van der Waals surface area contributed by atoms with Gasteiger partial charge in [-0.1, -0.05) is 12.8 Å². The number of nitrogens with two attached hydrogens (primary N) is 1. The summed E-state index contributed by atoms with van der Waals surface area (Å²) in [6, 6.07) is 0. The van der Waals surface area contributed by atoms with Crippen molar-refractivity contribution in [1.29, 1.82) is 0 Å². The lowest BCUT2D eigenvalue weighted by atomic mass is 9.79. The predicted octanol–water partition coefficient (Wildman–Crippen LogP) is 0.424. The molecule has 3 N–H and O–H groups in total. The van der Waals surface area contributed by atoms with Crippen LogP contribution in [0.2, 0.25) is 0 Å². The fourth-order valence-electron chi connectivity index (χ4n) is 2.59. The maximum Gasteiger partial charge on any atom is 0.0765 e. The van der Waals surface area contributed by atoms with Crippen LogP contribution in [0.25, 0.3) is 0 Å². The average Bonchev–Trinajstić information content (AvgIpc) is 2.29. The van der Waals surface area contributed by atoms with Gasteiger partial charge in [0.25, 0.3) is 0 Å². The number of hydrogen-bond donors (Lipinski definition) is 2. The number of ether oxygens (including phenoxy) is 1. The lowest BCUT2D eigenvalue weighted by molar-refractivity contribution is -0.00881. The van der Waals surface area contributed by atoms with Crippen molar-refractivity contribution >= 4 is 0 Å². The van der Waals surface area contributed by atoms with Gasteiger partial charge >= 0.3 is 0 Å². The summed E-state index contributed by atoms with van der Waals surface area (Å²) in [6.45, 7) is 2.68. The van der Waals surface area contributed by atoms with Crippen LogP contribution in [0.5, 0.6) is 0 Å². The first-order valence-electron chi connectivity index (χ1n) is 6.27. The predicted molar refractivity (Wildman–Crippen MR) is 67.6 cm³/mol. The van der Waals surface area contributed by atoms with Crippen molar-refractivity contribution in [3.05, 3.63) is 0 Å². The van der Waals surface area contributed by atoms with Gasteiger partial charge in [-0.2, -0.15) is 0 Å². The minimum Gasteiger partial charge on any atom is -0.379 e. The minimum atomic E-state index is 0.00299. The number of rotatable bonds is 6. The molecule has 0 bridgehead atoms. The van der Waals surface area contributed by atoms with Gasteiger partial charge in [-0.25, -0.2) is 0 Å². The van der Waals surface area contributed by atoms with Crippen LogP contribution in [-0.2, 0) is 4.74 Å². The lowest BCUT2D eigenvalue weighted by Crippen LogP contribution is -2.62. The van der Waals surface area contributed by atoms with Crippen LogP contribution in [0.3, 0.4) is 0 Å². The lowest BCUT2D eigenvalue weighted by Gasteiger charge is -2.43. The zero-order valence-electron chi connectivity index (χ0n) is 11.0. The van der Waals surface area contributed by atoms with E-state index in [9.17, 15) is 0 Å². The third kappa shape index (κ3) is 3.42. The van der Waals surface area contributed by atoms with Crippen LogP contribution in [0.1, 0.15) is 25.7 Å². The molecule has 0 radical (unpaired) electrons. The van der Waals surface area contributed by atoms with Crippen molar-refractivity contribution in [2.24, 2.45) is 5.73 Å². The van der Waals surface area contributed by atoms with Gasteiger partial charge in [0.1, 0.15) is 0 Å². The molecule has 4 nitrogen and oxygen atoms in total. The summed E-state index contributed by atoms with van der Waals surface area (Å²) in [7, 11) is 5.98. The molecule has 1 saturated carbocycles. The second-order valence-electron chi connectivity index (χ2n) is 5.06. The van der Waals surface area contributed by atoms with Crippen LogP contribution >= 0.6 is 0 Å². The SMILES string of the molecule is COC1CCCCC1(CN)NCCN(C)C. The number of nitrogens with zero attached hydrogens (tertiary/aromatic N) is 1. The first-order chi connectivity index (χ1) is 7.64. The quantitative estimate of drug-likeness (QED) is 0.693. The first kappa shape index (κ1) is 13.9. The third-order valence-corrected chi connectivity index (χ3v) is 3.64. The van der Waals surface area contributed by atoms with Gasteiger partial charge < -0.3 is 20.7 Å². The summed E-state index contributed by atoms with van der Waals surface area (Å²) >= 11 is 0. The van der Waals surface area contributed by atoms with E-state index in [0.717, 1.165) is 25.9 Å². The second-order valence-corrected chi connectivity index (χ2v) is 5.06. The summed E-state index contributed by atoms with van der Waals surface area (Å²) < 4.78 is 5.60. The Hall–Kier alpha value is -0.160. The van der Waals surface area contributed by atoms with E-state index in [2.05, 4.69) is 24.3 Å². The van der Waals surface area contributed by atoms with Gasteiger partial charge in [-0.05, 0) is 26.9 Å². The van der Waals surface area contributed by atoms with Crippen molar-refractivity contribution in [2.45, 2.75) is 37.3 Å². The molecule has 2 unspecified atom stereocenters. The van der Waals surface area contributed by atoms with Gasteiger partial charge in [0.15, 0.2) is 0 Å². The van der Waals surface area contributed by atoms with Gasteiger partial charge in [0, 0.05) is 26.7 Å². The molecule has 0 aromatic heterocycles. The third-order valence-electron chi connectivity index (χ3n) is 3.64. The van der Waals surface area contributed by atoms with E-state index in [0.29, 0.717) is 6.54 Å². The highest BCUT2D eigenvalue weighted by Gasteiger charge is 2.39. The molecule has 1 aliphatic rings. The van der Waals surface area contributed by atoms with Gasteiger partial charge in [-0.3, -0.25) is 0 Å². The summed E-state index contributed by atoms with van der Waals surface area (Å²) in [5.74, 6) is 0. The molecule has 0 aromatic carbocycles. The molecule has 2 atom stereocenters. The van der Waals surface area contributed by atoms with Crippen LogP contribution in [0.4, 0.5) is 0 Å². The number of hydrogen-bond acceptors (Lipinski definition) is 4. The van der Waals surface area contributed by atoms with Gasteiger partial charge in [0.2, 0.25) is 0 Å². The molecule has 0 saturated heterocycles. The van der Waals surface area contributed by atoms with Crippen LogP contribution in [0, 0.1) is 0 Å². The summed E-state index contributed by atoms with van der Waals surface area (Å²) in [5.41, 5.74) is 5.97. The smallest absolute Gasteiger partial charge is 0.0765 e. The van der Waals surface area contributed by atoms with E-state index in [1.54, 1.807) is 7.11 Å². The molecule has 96 valence electrons. The Morgan fingerprint density at radius 2 is 2.19 bits per heavy atom. The second kappa shape index (κ2) is 6.55. The van der Waals surface area contributed by atoms with Crippen molar-refractivity contribution in [3.8, 4) is 0 Å². The molecule has 0 heterocycles. The maximum atomic E-state index is 5.96. The van der Waals surface area contributed by atoms with E-state index >= 15 is 0 Å². The molecule has 0 amide bonds.